The number of hydrogen-bond donors (Lipinski definition) is 2. The maximum Gasteiger partial charge on any atom is 0.262 e. The second-order valence-electron chi connectivity index (χ2n) is 6.64. The molecule has 4 aromatic rings. The summed E-state index contributed by atoms with van der Waals surface area (Å²) < 4.78 is 53.9. The smallest absolute Gasteiger partial charge is 0.262 e. The molecule has 0 aliphatic carbocycles. The molecule has 2 N–H and O–H groups in total. The Morgan fingerprint density at radius 2 is 2.19 bits per heavy atom. The molecule has 31 heavy (non-hydrogen) atoms. The molecule has 1 aliphatic heterocycles. The molecule has 14 heteroatoms. The predicted octanol–water partition coefficient (Wildman–Crippen LogP) is 2.30. The molecule has 0 fully saturated rings. The Labute approximate surface area is 178 Å². The first-order valence-corrected chi connectivity index (χ1v) is 11.3. The van der Waals surface area contributed by atoms with E-state index in [1.54, 1.807) is 6.92 Å². The molecule has 0 spiro atoms. The Balaban J connectivity index is 1.57. The first-order valence-electron chi connectivity index (χ1n) is 9.01. The molecule has 0 saturated carbocycles. The number of rotatable bonds is 5. The van der Waals surface area contributed by atoms with Gasteiger partial charge in [-0.25, -0.2) is 12.8 Å². The third kappa shape index (κ3) is 3.58. The summed E-state index contributed by atoms with van der Waals surface area (Å²) in [5, 5.41) is 17.2. The van der Waals surface area contributed by atoms with Crippen molar-refractivity contribution in [2.24, 2.45) is 0 Å². The molecule has 3 aromatic heterocycles. The third-order valence-corrected chi connectivity index (χ3v) is 7.22. The number of halogens is 1. The number of ether oxygens (including phenoxy) is 1. The molecule has 160 valence electrons. The van der Waals surface area contributed by atoms with E-state index < -0.39 is 15.8 Å². The van der Waals surface area contributed by atoms with Crippen LogP contribution in [0.25, 0.3) is 22.8 Å². The van der Waals surface area contributed by atoms with Gasteiger partial charge in [-0.1, -0.05) is 5.16 Å². The number of sulfonamides is 1. The maximum atomic E-state index is 14.2. The highest BCUT2D eigenvalue weighted by Gasteiger charge is 2.29. The van der Waals surface area contributed by atoms with Crippen molar-refractivity contribution >= 4 is 26.4 Å². The van der Waals surface area contributed by atoms with Crippen LogP contribution in [0.15, 0.2) is 27.6 Å². The highest BCUT2D eigenvalue weighted by molar-refractivity contribution is 7.93. The van der Waals surface area contributed by atoms with Gasteiger partial charge in [0, 0.05) is 4.88 Å². The Morgan fingerprint density at radius 1 is 1.32 bits per heavy atom. The molecule has 5 rings (SSSR count). The van der Waals surface area contributed by atoms with E-state index in [9.17, 15) is 12.8 Å². The van der Waals surface area contributed by atoms with Gasteiger partial charge in [-0.2, -0.15) is 10.2 Å². The molecule has 1 aliphatic rings. The lowest BCUT2D eigenvalue weighted by atomic mass is 10.1. The summed E-state index contributed by atoms with van der Waals surface area (Å²) in [7, 11) is -4.09. The summed E-state index contributed by atoms with van der Waals surface area (Å²) in [6.45, 7) is 2.54. The van der Waals surface area contributed by atoms with E-state index in [1.807, 2.05) is 0 Å². The average Bonchev–Trinajstić information content (AvgIpc) is 3.47. The summed E-state index contributed by atoms with van der Waals surface area (Å²) in [5.41, 5.74) is 1.35. The van der Waals surface area contributed by atoms with E-state index in [4.69, 9.17) is 9.26 Å². The van der Waals surface area contributed by atoms with Gasteiger partial charge < -0.3 is 9.26 Å². The van der Waals surface area contributed by atoms with Crippen LogP contribution in [-0.4, -0.2) is 45.8 Å². The summed E-state index contributed by atoms with van der Waals surface area (Å²) in [6, 6.07) is 3.35. The number of thiophene rings is 1. The van der Waals surface area contributed by atoms with Crippen molar-refractivity contribution in [1.82, 2.24) is 30.8 Å². The van der Waals surface area contributed by atoms with Crippen molar-refractivity contribution in [1.29, 1.82) is 0 Å². The van der Waals surface area contributed by atoms with Gasteiger partial charge in [-0.15, -0.1) is 21.5 Å². The Kier molecular flexibility index (Phi) is 4.75. The SMILES string of the molecule is Cc1noc(-c2c(NS(=O)(=O)c3ccc(F)c(-c4nn[nH]n4)c3)sc3c2CCOC3)n1. The number of hydrogen-bond acceptors (Lipinski definition) is 10. The number of nitrogens with one attached hydrogen (secondary N) is 2. The first-order chi connectivity index (χ1) is 14.9. The quantitative estimate of drug-likeness (QED) is 0.454. The van der Waals surface area contributed by atoms with Crippen LogP contribution in [0.1, 0.15) is 16.3 Å². The molecule has 0 unspecified atom stereocenters. The molecule has 0 radical (unpaired) electrons. The van der Waals surface area contributed by atoms with Gasteiger partial charge in [0.2, 0.25) is 5.82 Å². The van der Waals surface area contributed by atoms with E-state index in [0.29, 0.717) is 36.0 Å². The maximum absolute atomic E-state index is 14.2. The highest BCUT2D eigenvalue weighted by atomic mass is 32.2. The average molecular weight is 463 g/mol. The lowest BCUT2D eigenvalue weighted by Gasteiger charge is -2.12. The molecule has 1 aromatic carbocycles. The van der Waals surface area contributed by atoms with Crippen LogP contribution in [0.5, 0.6) is 0 Å². The number of anilines is 1. The van der Waals surface area contributed by atoms with E-state index in [2.05, 4.69) is 35.5 Å². The minimum absolute atomic E-state index is 0.0553. The number of fused-ring (bicyclic) bond motifs is 1. The van der Waals surface area contributed by atoms with Crippen LogP contribution >= 0.6 is 11.3 Å². The Bertz CT molecular complexity index is 1370. The summed E-state index contributed by atoms with van der Waals surface area (Å²) in [6.07, 6.45) is 0.586. The second kappa shape index (κ2) is 7.47. The van der Waals surface area contributed by atoms with Crippen molar-refractivity contribution in [2.75, 3.05) is 11.3 Å². The fourth-order valence-corrected chi connectivity index (χ4v) is 5.74. The largest absolute Gasteiger partial charge is 0.376 e. The lowest BCUT2D eigenvalue weighted by molar-refractivity contribution is 0.113. The monoisotopic (exact) mass is 463 g/mol. The zero-order chi connectivity index (χ0) is 21.6. The normalized spacial score (nSPS) is 13.9. The van der Waals surface area contributed by atoms with Gasteiger partial charge in [-0.3, -0.25) is 4.72 Å². The van der Waals surface area contributed by atoms with Crippen LogP contribution in [0.4, 0.5) is 9.39 Å². The first kappa shape index (κ1) is 19.7. The number of H-pyrrole nitrogens is 1. The fourth-order valence-electron chi connectivity index (χ4n) is 3.23. The van der Waals surface area contributed by atoms with Crippen molar-refractivity contribution in [2.45, 2.75) is 24.8 Å². The highest BCUT2D eigenvalue weighted by Crippen LogP contribution is 2.43. The summed E-state index contributed by atoms with van der Waals surface area (Å²) in [4.78, 5) is 4.97. The third-order valence-electron chi connectivity index (χ3n) is 4.62. The lowest BCUT2D eigenvalue weighted by Crippen LogP contribution is -2.13. The fraction of sp³-hybridized carbons (Fsp3) is 0.235. The molecule has 4 heterocycles. The van der Waals surface area contributed by atoms with Crippen molar-refractivity contribution < 1.29 is 22.1 Å². The second-order valence-corrected chi connectivity index (χ2v) is 9.43. The summed E-state index contributed by atoms with van der Waals surface area (Å²) in [5.74, 6) is -0.0771. The van der Waals surface area contributed by atoms with Crippen LogP contribution in [0.2, 0.25) is 0 Å². The van der Waals surface area contributed by atoms with Gasteiger partial charge in [0.15, 0.2) is 5.82 Å². The van der Waals surface area contributed by atoms with Crippen molar-refractivity contribution in [3.8, 4) is 22.8 Å². The minimum Gasteiger partial charge on any atom is -0.376 e. The zero-order valence-electron chi connectivity index (χ0n) is 15.9. The van der Waals surface area contributed by atoms with Crippen LogP contribution < -0.4 is 4.72 Å². The van der Waals surface area contributed by atoms with Gasteiger partial charge in [0.1, 0.15) is 10.8 Å². The van der Waals surface area contributed by atoms with Crippen LogP contribution in [0.3, 0.4) is 0 Å². The van der Waals surface area contributed by atoms with Gasteiger partial charge >= 0.3 is 0 Å². The van der Waals surface area contributed by atoms with Crippen LogP contribution in [0, 0.1) is 12.7 Å². The summed E-state index contributed by atoms with van der Waals surface area (Å²) >= 11 is 1.24. The molecule has 0 bridgehead atoms. The topological polar surface area (TPSA) is 149 Å². The molecule has 11 nitrogen and oxygen atoms in total. The molecular formula is C17H14FN7O4S2. The van der Waals surface area contributed by atoms with E-state index in [1.165, 1.54) is 11.3 Å². The molecule has 0 saturated heterocycles. The number of aromatic nitrogens is 6. The number of aromatic amines is 1. The Morgan fingerprint density at radius 3 is 2.94 bits per heavy atom. The molecule has 0 amide bonds. The van der Waals surface area contributed by atoms with Crippen molar-refractivity contribution in [3.63, 3.8) is 0 Å². The van der Waals surface area contributed by atoms with E-state index in [-0.39, 0.29) is 22.2 Å². The zero-order valence-corrected chi connectivity index (χ0v) is 17.5. The van der Waals surface area contributed by atoms with Gasteiger partial charge in [0.25, 0.3) is 15.9 Å². The van der Waals surface area contributed by atoms with Crippen LogP contribution in [-0.2, 0) is 27.8 Å². The minimum atomic E-state index is -4.09. The number of tetrazole rings is 1. The molecule has 0 atom stereocenters. The standard InChI is InChI=1S/C17H14FN7O4S2/c1-8-19-16(29-22-8)14-10-4-5-28-7-13(10)30-17(14)23-31(26,27)9-2-3-12(18)11(6-9)15-20-24-25-21-15/h2-3,6,23H,4-5,7H2,1H3,(H,20,21,24,25). The Hall–Kier alpha value is -3.23. The number of aryl methyl sites for hydroxylation is 1. The number of benzene rings is 1. The van der Waals surface area contributed by atoms with E-state index in [0.717, 1.165) is 28.6 Å². The molecular weight excluding hydrogens is 449 g/mol. The van der Waals surface area contributed by atoms with E-state index >= 15 is 0 Å². The van der Waals surface area contributed by atoms with Gasteiger partial charge in [0.05, 0.1) is 29.2 Å². The van der Waals surface area contributed by atoms with Gasteiger partial charge in [-0.05, 0) is 42.3 Å². The predicted molar refractivity (Wildman–Crippen MR) is 106 cm³/mol. The number of nitrogens with zero attached hydrogens (tertiary/aromatic N) is 5. The van der Waals surface area contributed by atoms with Crippen molar-refractivity contribution in [3.05, 3.63) is 40.3 Å².